The van der Waals surface area contributed by atoms with Crippen LogP contribution >= 0.6 is 0 Å². The molecule has 0 atom stereocenters. The fourth-order valence-electron chi connectivity index (χ4n) is 2.37. The van der Waals surface area contributed by atoms with Crippen molar-refractivity contribution in [2.24, 2.45) is 0 Å². The summed E-state index contributed by atoms with van der Waals surface area (Å²) in [5.74, 6) is -0.626. The predicted octanol–water partition coefficient (Wildman–Crippen LogP) is 1.95. The Kier molecular flexibility index (Phi) is 7.63. The normalized spacial score (nSPS) is 11.0. The van der Waals surface area contributed by atoms with Crippen molar-refractivity contribution in [1.29, 1.82) is 0 Å². The van der Waals surface area contributed by atoms with Gasteiger partial charge in [-0.05, 0) is 43.3 Å². The van der Waals surface area contributed by atoms with Gasteiger partial charge < -0.3 is 10.6 Å². The largest absolute Gasteiger partial charge is 0.351 e. The predicted molar refractivity (Wildman–Crippen MR) is 109 cm³/mol. The lowest BCUT2D eigenvalue weighted by molar-refractivity contribution is -0.115. The van der Waals surface area contributed by atoms with Crippen LogP contribution in [0.5, 0.6) is 0 Å². The number of amides is 2. The van der Waals surface area contributed by atoms with Gasteiger partial charge in [0.15, 0.2) is 5.78 Å². The van der Waals surface area contributed by atoms with E-state index >= 15 is 0 Å². The molecule has 2 aromatic rings. The molecule has 0 saturated carbocycles. The molecule has 0 aromatic heterocycles. The van der Waals surface area contributed by atoms with Gasteiger partial charge in [-0.2, -0.15) is 0 Å². The average Bonchev–Trinajstić information content (AvgIpc) is 2.71. The first-order valence-corrected chi connectivity index (χ1v) is 10.5. The van der Waals surface area contributed by atoms with Crippen LogP contribution in [0.4, 0.5) is 5.69 Å². The third-order valence-electron chi connectivity index (χ3n) is 4.03. The van der Waals surface area contributed by atoms with Gasteiger partial charge in [0.2, 0.25) is 15.9 Å². The molecule has 0 aliphatic rings. The summed E-state index contributed by atoms with van der Waals surface area (Å²) in [6, 6.07) is 12.0. The van der Waals surface area contributed by atoms with E-state index in [0.717, 1.165) is 0 Å². The second-order valence-electron chi connectivity index (χ2n) is 6.21. The topological polar surface area (TPSA) is 121 Å². The Bertz CT molecular complexity index is 984. The molecular formula is C20H23N3O5S. The monoisotopic (exact) mass is 417 g/mol. The second-order valence-corrected chi connectivity index (χ2v) is 7.98. The van der Waals surface area contributed by atoms with E-state index in [0.29, 0.717) is 23.2 Å². The zero-order valence-electron chi connectivity index (χ0n) is 16.2. The summed E-state index contributed by atoms with van der Waals surface area (Å²) >= 11 is 0. The van der Waals surface area contributed by atoms with Gasteiger partial charge in [-0.15, -0.1) is 0 Å². The Labute approximate surface area is 169 Å². The zero-order valence-corrected chi connectivity index (χ0v) is 17.0. The van der Waals surface area contributed by atoms with Crippen LogP contribution in [0.25, 0.3) is 0 Å². The maximum Gasteiger partial charge on any atom is 0.251 e. The third kappa shape index (κ3) is 6.51. The molecule has 154 valence electrons. The van der Waals surface area contributed by atoms with Gasteiger partial charge in [-0.1, -0.05) is 19.1 Å². The van der Waals surface area contributed by atoms with Crippen LogP contribution in [-0.4, -0.2) is 39.1 Å². The van der Waals surface area contributed by atoms with Crippen molar-refractivity contribution in [2.75, 3.05) is 18.4 Å². The average molecular weight is 417 g/mol. The van der Waals surface area contributed by atoms with Gasteiger partial charge in [-0.25, -0.2) is 13.1 Å². The molecule has 2 amide bonds. The lowest BCUT2D eigenvalue weighted by Crippen LogP contribution is -2.34. The van der Waals surface area contributed by atoms with Crippen molar-refractivity contribution in [3.05, 3.63) is 59.7 Å². The minimum absolute atomic E-state index is 0.00712. The molecule has 0 aliphatic heterocycles. The molecule has 0 radical (unpaired) electrons. The standard InChI is InChI=1S/C20H23N3O5S/c1-3-19(25)23-17-8-4-16(5-9-17)20(26)21-12-13-22-29(27,28)18-10-6-15(7-11-18)14(2)24/h4-11,22H,3,12-13H2,1-2H3,(H,21,26)(H,23,25). The zero-order chi connectivity index (χ0) is 21.4. The van der Waals surface area contributed by atoms with E-state index in [1.54, 1.807) is 31.2 Å². The molecule has 0 saturated heterocycles. The Morgan fingerprint density at radius 1 is 0.862 bits per heavy atom. The first kappa shape index (κ1) is 22.3. The fourth-order valence-corrected chi connectivity index (χ4v) is 3.40. The van der Waals surface area contributed by atoms with Crippen molar-refractivity contribution < 1.29 is 22.8 Å². The molecule has 8 nitrogen and oxygen atoms in total. The minimum atomic E-state index is -3.74. The van der Waals surface area contributed by atoms with E-state index < -0.39 is 10.0 Å². The number of anilines is 1. The van der Waals surface area contributed by atoms with E-state index in [9.17, 15) is 22.8 Å². The summed E-state index contributed by atoms with van der Waals surface area (Å²) in [6.45, 7) is 3.25. The second kappa shape index (κ2) is 9.94. The third-order valence-corrected chi connectivity index (χ3v) is 5.50. The summed E-state index contributed by atoms with van der Waals surface area (Å²) in [5, 5.41) is 5.31. The summed E-state index contributed by atoms with van der Waals surface area (Å²) in [7, 11) is -3.74. The summed E-state index contributed by atoms with van der Waals surface area (Å²) in [5.41, 5.74) is 1.41. The van der Waals surface area contributed by atoms with Gasteiger partial charge in [0, 0.05) is 36.3 Å². The number of ketones is 1. The maximum atomic E-state index is 12.2. The number of carbonyl (C=O) groups excluding carboxylic acids is 3. The van der Waals surface area contributed by atoms with Crippen molar-refractivity contribution in [2.45, 2.75) is 25.2 Å². The molecule has 0 heterocycles. The van der Waals surface area contributed by atoms with Gasteiger partial charge in [0.1, 0.15) is 0 Å². The highest BCUT2D eigenvalue weighted by Crippen LogP contribution is 2.11. The van der Waals surface area contributed by atoms with Crippen LogP contribution in [0.2, 0.25) is 0 Å². The van der Waals surface area contributed by atoms with E-state index in [4.69, 9.17) is 0 Å². The molecule has 0 bridgehead atoms. The van der Waals surface area contributed by atoms with Crippen LogP contribution in [0.1, 0.15) is 41.0 Å². The highest BCUT2D eigenvalue weighted by atomic mass is 32.2. The molecular weight excluding hydrogens is 394 g/mol. The number of Topliss-reactive ketones (excluding diaryl/α,β-unsaturated/α-hetero) is 1. The summed E-state index contributed by atoms with van der Waals surface area (Å²) < 4.78 is 26.9. The fraction of sp³-hybridized carbons (Fsp3) is 0.250. The van der Waals surface area contributed by atoms with Crippen LogP contribution in [0.15, 0.2) is 53.4 Å². The van der Waals surface area contributed by atoms with E-state index in [1.807, 2.05) is 0 Å². The van der Waals surface area contributed by atoms with Crippen molar-refractivity contribution in [3.8, 4) is 0 Å². The van der Waals surface area contributed by atoms with E-state index in [1.165, 1.54) is 31.2 Å². The maximum absolute atomic E-state index is 12.2. The number of sulfonamides is 1. The minimum Gasteiger partial charge on any atom is -0.351 e. The summed E-state index contributed by atoms with van der Waals surface area (Å²) in [4.78, 5) is 34.8. The van der Waals surface area contributed by atoms with Gasteiger partial charge in [0.05, 0.1) is 4.90 Å². The Hall–Kier alpha value is -3.04. The first-order valence-electron chi connectivity index (χ1n) is 9.01. The molecule has 3 N–H and O–H groups in total. The molecule has 2 rings (SSSR count). The number of hydrogen-bond acceptors (Lipinski definition) is 5. The van der Waals surface area contributed by atoms with Crippen LogP contribution in [0, 0.1) is 0 Å². The van der Waals surface area contributed by atoms with E-state index in [2.05, 4.69) is 15.4 Å². The number of rotatable bonds is 9. The lowest BCUT2D eigenvalue weighted by atomic mass is 10.2. The molecule has 9 heteroatoms. The Morgan fingerprint density at radius 2 is 1.45 bits per heavy atom. The smallest absolute Gasteiger partial charge is 0.251 e. The van der Waals surface area contributed by atoms with Crippen LogP contribution < -0.4 is 15.4 Å². The van der Waals surface area contributed by atoms with Gasteiger partial charge in [0.25, 0.3) is 5.91 Å². The molecule has 29 heavy (non-hydrogen) atoms. The molecule has 0 spiro atoms. The van der Waals surface area contributed by atoms with Crippen molar-refractivity contribution in [3.63, 3.8) is 0 Å². The first-order chi connectivity index (χ1) is 13.7. The molecule has 2 aromatic carbocycles. The number of nitrogens with one attached hydrogen (secondary N) is 3. The molecule has 0 unspecified atom stereocenters. The lowest BCUT2D eigenvalue weighted by Gasteiger charge is -2.09. The molecule has 0 aliphatic carbocycles. The number of benzene rings is 2. The molecule has 0 fully saturated rings. The van der Waals surface area contributed by atoms with E-state index in [-0.39, 0.29) is 35.6 Å². The van der Waals surface area contributed by atoms with Crippen molar-refractivity contribution >= 4 is 33.3 Å². The number of hydrogen-bond donors (Lipinski definition) is 3. The summed E-state index contributed by atoms with van der Waals surface area (Å²) in [6.07, 6.45) is 0.360. The van der Waals surface area contributed by atoms with Crippen LogP contribution in [-0.2, 0) is 14.8 Å². The van der Waals surface area contributed by atoms with Gasteiger partial charge >= 0.3 is 0 Å². The Morgan fingerprint density at radius 3 is 2.00 bits per heavy atom. The highest BCUT2D eigenvalue weighted by molar-refractivity contribution is 7.89. The van der Waals surface area contributed by atoms with Gasteiger partial charge in [-0.3, -0.25) is 14.4 Å². The quantitative estimate of drug-likeness (QED) is 0.425. The number of carbonyl (C=O) groups is 3. The SMILES string of the molecule is CCC(=O)Nc1ccc(C(=O)NCCNS(=O)(=O)c2ccc(C(C)=O)cc2)cc1. The highest BCUT2D eigenvalue weighted by Gasteiger charge is 2.14. The Balaban J connectivity index is 1.83. The van der Waals surface area contributed by atoms with Crippen LogP contribution in [0.3, 0.4) is 0 Å². The van der Waals surface area contributed by atoms with Crippen molar-refractivity contribution in [1.82, 2.24) is 10.0 Å².